The Morgan fingerprint density at radius 1 is 0.370 bits per heavy atom. The van der Waals surface area contributed by atoms with Crippen LogP contribution in [0.4, 0.5) is 75.5 Å². The van der Waals surface area contributed by atoms with Gasteiger partial charge in [-0.1, -0.05) is 24.3 Å². The van der Waals surface area contributed by atoms with Crippen LogP contribution in [-0.4, -0.2) is 0 Å². The van der Waals surface area contributed by atoms with Gasteiger partial charge in [-0.3, -0.25) is 0 Å². The molecule has 1 aliphatic rings. The summed E-state index contributed by atoms with van der Waals surface area (Å²) in [4.78, 5) is 0. The molecule has 0 aromatic rings. The van der Waals surface area contributed by atoms with Crippen molar-refractivity contribution in [2.24, 2.45) is 0 Å². The molecule has 0 unspecified atom stereocenters. The fraction of sp³-hybridized carbons (Fsp3) is 0.200. The average Bonchev–Trinajstić information content (AvgIpc) is 2.32. The van der Waals surface area contributed by atoms with Crippen molar-refractivity contribution in [3.05, 3.63) is 24.3 Å². The second-order valence-electron chi connectivity index (χ2n) is 3.97. The van der Waals surface area contributed by atoms with Crippen LogP contribution < -0.4 is 0 Å². The summed E-state index contributed by atoms with van der Waals surface area (Å²) in [6.45, 7) is 0. The molecule has 175 valence electrons. The summed E-state index contributed by atoms with van der Waals surface area (Å²) in [5, 5.41) is 0. The van der Waals surface area contributed by atoms with Gasteiger partial charge in [0.05, 0.1) is 0 Å². The summed E-state index contributed by atoms with van der Waals surface area (Å²) in [5.41, 5.74) is 0. The van der Waals surface area contributed by atoms with Gasteiger partial charge in [0.25, 0.3) is 0 Å². The molecule has 0 aromatic heterocycles. The second-order valence-corrected chi connectivity index (χ2v) is 9.72. The third-order valence-corrected chi connectivity index (χ3v) is 0.655. The molecule has 0 aliphatic heterocycles. The van der Waals surface area contributed by atoms with E-state index in [1.54, 1.807) is 0 Å². The van der Waals surface area contributed by atoms with Gasteiger partial charge in [-0.25, -0.2) is 0 Å². The third-order valence-electron chi connectivity index (χ3n) is 0.655. The van der Waals surface area contributed by atoms with Gasteiger partial charge in [-0.2, -0.15) is 0 Å². The minimum Gasteiger partial charge on any atom is 3.00 e. The number of hydrogen-bond donors (Lipinski definition) is 0. The Hall–Kier alpha value is 0.133. The van der Waals surface area contributed by atoms with Gasteiger partial charge < -0.3 is 0 Å². The SMILES string of the molecule is C1=CCC=C1.F[P-](F)(F)(F)(F)F.F[P-](F)(F)(F)(F)F.F[P-](F)(F)(F)(F)F.[Ru+3]. The van der Waals surface area contributed by atoms with Crippen molar-refractivity contribution in [1.29, 1.82) is 0 Å². The van der Waals surface area contributed by atoms with Crippen molar-refractivity contribution in [1.82, 2.24) is 0 Å². The smallest absolute Gasteiger partial charge is 3.00 e. The molecule has 27 heavy (non-hydrogen) atoms. The minimum absolute atomic E-state index is 0. The average molecular weight is 602 g/mol. The van der Waals surface area contributed by atoms with Crippen molar-refractivity contribution in [3.8, 4) is 0 Å². The van der Waals surface area contributed by atoms with Gasteiger partial charge in [0.2, 0.25) is 0 Å². The maximum atomic E-state index is 9.87. The van der Waals surface area contributed by atoms with Crippen molar-refractivity contribution in [3.63, 3.8) is 0 Å². The maximum Gasteiger partial charge on any atom is 3.00 e. The Kier molecular flexibility index (Phi) is 8.42. The van der Waals surface area contributed by atoms with Crippen LogP contribution in [0.5, 0.6) is 0 Å². The molecule has 0 heterocycles. The van der Waals surface area contributed by atoms with Crippen LogP contribution in [0, 0.1) is 0 Å². The molecule has 0 fully saturated rings. The molecule has 0 N–H and O–H groups in total. The van der Waals surface area contributed by atoms with E-state index < -0.39 is 23.4 Å². The second kappa shape index (κ2) is 6.57. The monoisotopic (exact) mass is 603 g/mol. The number of allylic oxidation sites excluding steroid dienone is 4. The van der Waals surface area contributed by atoms with Crippen molar-refractivity contribution < 1.29 is 95.0 Å². The fourth-order valence-corrected chi connectivity index (χ4v) is 0.393. The van der Waals surface area contributed by atoms with E-state index in [4.69, 9.17) is 0 Å². The van der Waals surface area contributed by atoms with E-state index in [0.717, 1.165) is 6.42 Å². The summed E-state index contributed by atoms with van der Waals surface area (Å²) in [7, 11) is -32.0. The largest absolute Gasteiger partial charge is 3.00 e. The summed E-state index contributed by atoms with van der Waals surface area (Å²) in [6.07, 6.45) is 9.50. The van der Waals surface area contributed by atoms with Crippen LogP contribution in [0.3, 0.4) is 0 Å². The van der Waals surface area contributed by atoms with Crippen LogP contribution >= 0.6 is 23.4 Å². The van der Waals surface area contributed by atoms with Crippen LogP contribution in [0.1, 0.15) is 6.42 Å². The zero-order chi connectivity index (χ0) is 22.8. The molecule has 1 rings (SSSR count). The molecule has 0 spiro atoms. The molecular formula is C5H6F18P3Ru. The van der Waals surface area contributed by atoms with Gasteiger partial charge in [-0.05, 0) is 6.42 Å². The van der Waals surface area contributed by atoms with E-state index in [1.807, 2.05) is 0 Å². The Morgan fingerprint density at radius 2 is 0.481 bits per heavy atom. The first-order chi connectivity index (χ1) is 9.85. The molecule has 0 atom stereocenters. The van der Waals surface area contributed by atoms with Crippen LogP contribution in [0.15, 0.2) is 24.3 Å². The predicted octanol–water partition coefficient (Wildman–Crippen LogP) is 11.6. The number of halogens is 18. The van der Waals surface area contributed by atoms with Gasteiger partial charge in [-0.15, -0.1) is 0 Å². The first-order valence-corrected chi connectivity index (χ1v) is 10.9. The van der Waals surface area contributed by atoms with Crippen molar-refractivity contribution in [2.45, 2.75) is 6.42 Å². The number of hydrogen-bond acceptors (Lipinski definition) is 0. The van der Waals surface area contributed by atoms with Crippen molar-refractivity contribution >= 4 is 23.4 Å². The summed E-state index contributed by atoms with van der Waals surface area (Å²) in [6, 6.07) is 0. The Balaban J connectivity index is -0.000000130. The third kappa shape index (κ3) is 578. The van der Waals surface area contributed by atoms with E-state index in [0.29, 0.717) is 0 Å². The fourth-order valence-electron chi connectivity index (χ4n) is 0.393. The first kappa shape index (κ1) is 34.6. The zero-order valence-electron chi connectivity index (χ0n) is 11.5. The van der Waals surface area contributed by atoms with Crippen LogP contribution in [-0.2, 0) is 19.5 Å². The molecule has 0 saturated heterocycles. The van der Waals surface area contributed by atoms with Crippen molar-refractivity contribution in [2.75, 3.05) is 0 Å². The quantitative estimate of drug-likeness (QED) is 0.147. The van der Waals surface area contributed by atoms with E-state index in [9.17, 15) is 75.5 Å². The molecule has 0 nitrogen and oxygen atoms in total. The Labute approximate surface area is 150 Å². The Bertz CT molecular complexity index is 422. The summed E-state index contributed by atoms with van der Waals surface area (Å²) < 4.78 is 178. The molecule has 22 heteroatoms. The molecule has 0 saturated carbocycles. The van der Waals surface area contributed by atoms with Crippen LogP contribution in [0.2, 0.25) is 0 Å². The topological polar surface area (TPSA) is 0 Å². The molecule has 1 radical (unpaired) electrons. The van der Waals surface area contributed by atoms with E-state index in [1.165, 1.54) is 0 Å². The van der Waals surface area contributed by atoms with Gasteiger partial charge >= 0.3 is 118 Å². The predicted molar refractivity (Wildman–Crippen MR) is 63.6 cm³/mol. The minimum atomic E-state index is -10.7. The summed E-state index contributed by atoms with van der Waals surface area (Å²) in [5.74, 6) is 0. The first-order valence-electron chi connectivity index (χ1n) is 4.86. The van der Waals surface area contributed by atoms with Gasteiger partial charge in [0, 0.05) is 0 Å². The van der Waals surface area contributed by atoms with Gasteiger partial charge in [0.1, 0.15) is 0 Å². The van der Waals surface area contributed by atoms with Crippen LogP contribution in [0.25, 0.3) is 0 Å². The van der Waals surface area contributed by atoms with E-state index in [-0.39, 0.29) is 19.5 Å². The van der Waals surface area contributed by atoms with E-state index in [2.05, 4.69) is 24.3 Å². The summed E-state index contributed by atoms with van der Waals surface area (Å²) >= 11 is 0. The zero-order valence-corrected chi connectivity index (χ0v) is 15.9. The molecule has 0 aromatic carbocycles. The Morgan fingerprint density at radius 3 is 0.519 bits per heavy atom. The van der Waals surface area contributed by atoms with Gasteiger partial charge in [0.15, 0.2) is 0 Å². The number of rotatable bonds is 0. The van der Waals surface area contributed by atoms with E-state index >= 15 is 0 Å². The molecule has 0 amide bonds. The molecular weight excluding hydrogens is 596 g/mol. The normalized spacial score (nSPS) is 21.3. The standard InChI is InChI=1S/C5H6.3F6P.Ru/c1-2-4-5-3-1;3*1-7(2,3,4,5)6;/h1-4H,5H2;;;;/q;3*-1;+3. The molecule has 1 aliphatic carbocycles. The molecule has 0 bridgehead atoms. The maximum absolute atomic E-state index is 10.7.